The number of likely N-dealkylation sites (N-methyl/N-ethyl adjacent to an activating group) is 1. The Morgan fingerprint density at radius 3 is 2.79 bits per heavy atom. The third kappa shape index (κ3) is 4.97. The SMILES string of the molecule is Cc1cnc(N(C)CC2CCCCN2C(=O)OC(C)(C)C)nc1Cl. The van der Waals surface area contributed by atoms with Crippen LogP contribution in [-0.2, 0) is 4.74 Å². The number of hydrogen-bond donors (Lipinski definition) is 0. The van der Waals surface area contributed by atoms with Crippen molar-refractivity contribution in [2.24, 2.45) is 0 Å². The Labute approximate surface area is 149 Å². The second kappa shape index (κ2) is 7.55. The molecule has 0 N–H and O–H groups in total. The van der Waals surface area contributed by atoms with Gasteiger partial charge in [-0.1, -0.05) is 11.6 Å². The molecule has 134 valence electrons. The number of ether oxygens (including phenoxy) is 1. The standard InChI is InChI=1S/C17H27ClN4O2/c1-12-10-19-15(20-14(12)18)21(5)11-13-8-6-7-9-22(13)16(23)24-17(2,3)4/h10,13H,6-9,11H2,1-5H3. The molecule has 2 rings (SSSR count). The quantitative estimate of drug-likeness (QED) is 0.775. The second-order valence-corrected chi connectivity index (χ2v) is 7.71. The second-order valence-electron chi connectivity index (χ2n) is 7.35. The highest BCUT2D eigenvalue weighted by molar-refractivity contribution is 6.30. The first-order valence-electron chi connectivity index (χ1n) is 8.37. The van der Waals surface area contributed by atoms with Crippen molar-refractivity contribution in [3.05, 3.63) is 16.9 Å². The maximum absolute atomic E-state index is 12.5. The average Bonchev–Trinajstić information content (AvgIpc) is 2.48. The highest BCUT2D eigenvalue weighted by Crippen LogP contribution is 2.22. The lowest BCUT2D eigenvalue weighted by molar-refractivity contribution is 0.0108. The molecule has 2 heterocycles. The number of aryl methyl sites for hydroxylation is 1. The molecule has 7 heteroatoms. The van der Waals surface area contributed by atoms with Crippen LogP contribution >= 0.6 is 11.6 Å². The smallest absolute Gasteiger partial charge is 0.410 e. The van der Waals surface area contributed by atoms with E-state index in [9.17, 15) is 4.79 Å². The fraction of sp³-hybridized carbons (Fsp3) is 0.706. The molecule has 1 aromatic heterocycles. The predicted octanol–water partition coefficient (Wildman–Crippen LogP) is 3.66. The van der Waals surface area contributed by atoms with Gasteiger partial charge in [-0.3, -0.25) is 0 Å². The first-order valence-corrected chi connectivity index (χ1v) is 8.75. The van der Waals surface area contributed by atoms with Gasteiger partial charge >= 0.3 is 6.09 Å². The van der Waals surface area contributed by atoms with Crippen LogP contribution in [0, 0.1) is 6.92 Å². The minimum atomic E-state index is -0.488. The summed E-state index contributed by atoms with van der Waals surface area (Å²) in [5.74, 6) is 0.570. The highest BCUT2D eigenvalue weighted by Gasteiger charge is 2.31. The number of carbonyl (C=O) groups excluding carboxylic acids is 1. The van der Waals surface area contributed by atoms with Gasteiger partial charge in [0, 0.05) is 31.9 Å². The molecule has 0 spiro atoms. The molecule has 0 radical (unpaired) electrons. The first-order chi connectivity index (χ1) is 11.2. The van der Waals surface area contributed by atoms with E-state index in [2.05, 4.69) is 9.97 Å². The molecular formula is C17H27ClN4O2. The van der Waals surface area contributed by atoms with E-state index in [4.69, 9.17) is 16.3 Å². The summed E-state index contributed by atoms with van der Waals surface area (Å²) >= 11 is 6.09. The molecule has 6 nitrogen and oxygen atoms in total. The zero-order chi connectivity index (χ0) is 17.9. The Hall–Kier alpha value is -1.56. The van der Waals surface area contributed by atoms with Crippen molar-refractivity contribution in [1.29, 1.82) is 0 Å². The Bertz CT molecular complexity index is 588. The fourth-order valence-electron chi connectivity index (χ4n) is 2.75. The Balaban J connectivity index is 2.07. The molecule has 0 aliphatic carbocycles. The van der Waals surface area contributed by atoms with Crippen molar-refractivity contribution in [2.75, 3.05) is 25.0 Å². The minimum absolute atomic E-state index is 0.0854. The number of nitrogens with zero attached hydrogens (tertiary/aromatic N) is 4. The van der Waals surface area contributed by atoms with E-state index >= 15 is 0 Å². The molecule has 1 aliphatic heterocycles. The van der Waals surface area contributed by atoms with E-state index in [1.165, 1.54) is 0 Å². The lowest BCUT2D eigenvalue weighted by Gasteiger charge is -2.38. The van der Waals surface area contributed by atoms with Gasteiger partial charge in [-0.2, -0.15) is 0 Å². The number of halogens is 1. The maximum Gasteiger partial charge on any atom is 0.410 e. The van der Waals surface area contributed by atoms with Crippen molar-refractivity contribution in [1.82, 2.24) is 14.9 Å². The van der Waals surface area contributed by atoms with E-state index in [1.807, 2.05) is 44.5 Å². The summed E-state index contributed by atoms with van der Waals surface area (Å²) in [6.45, 7) is 8.91. The number of amides is 1. The van der Waals surface area contributed by atoms with Crippen molar-refractivity contribution < 1.29 is 9.53 Å². The van der Waals surface area contributed by atoms with Crippen LogP contribution in [0.25, 0.3) is 0 Å². The molecule has 24 heavy (non-hydrogen) atoms. The molecule has 1 aromatic rings. The van der Waals surface area contributed by atoms with Gasteiger partial charge in [-0.25, -0.2) is 14.8 Å². The summed E-state index contributed by atoms with van der Waals surface area (Å²) in [4.78, 5) is 24.9. The largest absolute Gasteiger partial charge is 0.444 e. The predicted molar refractivity (Wildman–Crippen MR) is 95.6 cm³/mol. The van der Waals surface area contributed by atoms with Gasteiger partial charge < -0.3 is 14.5 Å². The van der Waals surface area contributed by atoms with E-state index < -0.39 is 5.60 Å². The summed E-state index contributed by atoms with van der Waals surface area (Å²) in [5, 5.41) is 0.458. The van der Waals surface area contributed by atoms with Gasteiger partial charge in [0.05, 0.1) is 6.04 Å². The third-order valence-corrected chi connectivity index (χ3v) is 4.36. The molecule has 1 aliphatic rings. The molecule has 0 saturated carbocycles. The zero-order valence-corrected chi connectivity index (χ0v) is 15.9. The number of aromatic nitrogens is 2. The van der Waals surface area contributed by atoms with Gasteiger partial charge in [0.15, 0.2) is 0 Å². The van der Waals surface area contributed by atoms with Gasteiger partial charge in [-0.05, 0) is 47.0 Å². The molecule has 0 aromatic carbocycles. The zero-order valence-electron chi connectivity index (χ0n) is 15.2. The van der Waals surface area contributed by atoms with E-state index in [0.717, 1.165) is 31.4 Å². The number of hydrogen-bond acceptors (Lipinski definition) is 5. The molecule has 1 saturated heterocycles. The lowest BCUT2D eigenvalue weighted by atomic mass is 10.0. The van der Waals surface area contributed by atoms with Crippen LogP contribution in [0.2, 0.25) is 5.15 Å². The monoisotopic (exact) mass is 354 g/mol. The minimum Gasteiger partial charge on any atom is -0.444 e. The van der Waals surface area contributed by atoms with Crippen LogP contribution in [0.3, 0.4) is 0 Å². The van der Waals surface area contributed by atoms with Gasteiger partial charge in [-0.15, -0.1) is 0 Å². The summed E-state index contributed by atoms with van der Waals surface area (Å²) < 4.78 is 5.55. The molecule has 1 unspecified atom stereocenters. The van der Waals surface area contributed by atoms with Crippen molar-refractivity contribution in [3.63, 3.8) is 0 Å². The van der Waals surface area contributed by atoms with Gasteiger partial charge in [0.25, 0.3) is 0 Å². The maximum atomic E-state index is 12.5. The van der Waals surface area contributed by atoms with E-state index in [-0.39, 0.29) is 12.1 Å². The Morgan fingerprint density at radius 2 is 2.17 bits per heavy atom. The average molecular weight is 355 g/mol. The van der Waals surface area contributed by atoms with E-state index in [1.54, 1.807) is 6.20 Å². The number of piperidine rings is 1. The van der Waals surface area contributed by atoms with E-state index in [0.29, 0.717) is 17.6 Å². The van der Waals surface area contributed by atoms with Crippen molar-refractivity contribution in [3.8, 4) is 0 Å². The summed E-state index contributed by atoms with van der Waals surface area (Å²) in [6, 6.07) is 0.0854. The molecular weight excluding hydrogens is 328 g/mol. The normalized spacial score (nSPS) is 18.4. The van der Waals surface area contributed by atoms with Crippen LogP contribution in [0.15, 0.2) is 6.20 Å². The number of rotatable bonds is 3. The van der Waals surface area contributed by atoms with Gasteiger partial charge in [0.2, 0.25) is 5.95 Å². The number of anilines is 1. The molecule has 1 fully saturated rings. The Kier molecular flexibility index (Phi) is 5.91. The summed E-state index contributed by atoms with van der Waals surface area (Å²) in [5.41, 5.74) is 0.361. The van der Waals surface area contributed by atoms with Crippen LogP contribution < -0.4 is 4.90 Å². The van der Waals surface area contributed by atoms with Crippen molar-refractivity contribution in [2.45, 2.75) is 58.6 Å². The summed E-state index contributed by atoms with van der Waals surface area (Å²) in [7, 11) is 1.92. The molecule has 1 atom stereocenters. The lowest BCUT2D eigenvalue weighted by Crippen LogP contribution is -2.50. The molecule has 0 bridgehead atoms. The van der Waals surface area contributed by atoms with Crippen LogP contribution in [0.4, 0.5) is 10.7 Å². The highest BCUT2D eigenvalue weighted by atomic mass is 35.5. The van der Waals surface area contributed by atoms with Crippen LogP contribution in [0.1, 0.15) is 45.6 Å². The third-order valence-electron chi connectivity index (χ3n) is 3.98. The van der Waals surface area contributed by atoms with Crippen molar-refractivity contribution >= 4 is 23.6 Å². The fourth-order valence-corrected chi connectivity index (χ4v) is 2.87. The van der Waals surface area contributed by atoms with Crippen LogP contribution in [0.5, 0.6) is 0 Å². The Morgan fingerprint density at radius 1 is 1.46 bits per heavy atom. The number of carbonyl (C=O) groups is 1. The summed E-state index contributed by atoms with van der Waals surface area (Å²) in [6.07, 6.45) is 4.53. The van der Waals surface area contributed by atoms with Crippen LogP contribution in [-0.4, -0.2) is 52.7 Å². The number of likely N-dealkylation sites (tertiary alicyclic amines) is 1. The molecule has 1 amide bonds. The first kappa shape index (κ1) is 18.8. The van der Waals surface area contributed by atoms with Gasteiger partial charge in [0.1, 0.15) is 10.8 Å². The topological polar surface area (TPSA) is 58.6 Å².